The van der Waals surface area contributed by atoms with E-state index in [0.717, 1.165) is 88.4 Å². The number of hydrogen-bond acceptors (Lipinski definition) is 3. The van der Waals surface area contributed by atoms with E-state index in [4.69, 9.17) is 8.83 Å². The van der Waals surface area contributed by atoms with E-state index in [-0.39, 0.29) is 5.41 Å². The summed E-state index contributed by atoms with van der Waals surface area (Å²) in [4.78, 5) is 2.48. The van der Waals surface area contributed by atoms with Crippen molar-refractivity contribution in [1.29, 1.82) is 0 Å². The number of fused-ring (bicyclic) bond motifs is 11. The Kier molecular flexibility index (Phi) is 6.98. The lowest BCUT2D eigenvalue weighted by molar-refractivity contribution is 0.660. The van der Waals surface area contributed by atoms with Crippen LogP contribution >= 0.6 is 0 Å². The molecule has 1 aliphatic rings. The number of furan rings is 2. The third-order valence-electron chi connectivity index (χ3n) is 12.5. The van der Waals surface area contributed by atoms with Crippen LogP contribution in [0.2, 0.25) is 0 Å². The van der Waals surface area contributed by atoms with Gasteiger partial charge < -0.3 is 13.7 Å². The minimum absolute atomic E-state index is 0.126. The topological polar surface area (TPSA) is 29.5 Å². The molecule has 0 N–H and O–H groups in total. The summed E-state index contributed by atoms with van der Waals surface area (Å²) in [5.41, 5.74) is 16.5. The first kappa shape index (κ1) is 32.8. The van der Waals surface area contributed by atoms with Gasteiger partial charge in [-0.3, -0.25) is 0 Å². The molecule has 0 saturated heterocycles. The number of rotatable bonds is 5. The lowest BCUT2D eigenvalue weighted by Gasteiger charge is -2.31. The minimum Gasteiger partial charge on any atom is -0.456 e. The van der Waals surface area contributed by atoms with Gasteiger partial charge in [0, 0.05) is 38.1 Å². The summed E-state index contributed by atoms with van der Waals surface area (Å²) in [5.74, 6) is 0. The van der Waals surface area contributed by atoms with Gasteiger partial charge in [-0.25, -0.2) is 0 Å². The monoisotopic (exact) mass is 743 g/mol. The standard InChI is InChI=1S/C55H37NO2/c1-55(2)43-24-9-5-20-40(43)51-38(22-13-25-44(51)55)36-18-6-10-26-45(36)56(47-28-15-31-50-53(47)42-33-32-34-16-3-4-17-35(34)54(42)58-50)46-27-11-7-19-37(46)39-23-14-30-49-52(39)41-21-8-12-29-48(41)57-49/h3-33H,1-2H3. The van der Waals surface area contributed by atoms with Gasteiger partial charge in [0.1, 0.15) is 22.3 Å². The van der Waals surface area contributed by atoms with E-state index in [0.29, 0.717) is 0 Å². The zero-order chi connectivity index (χ0) is 38.5. The van der Waals surface area contributed by atoms with E-state index in [2.05, 4.69) is 201 Å². The second-order valence-electron chi connectivity index (χ2n) is 16.0. The highest BCUT2D eigenvalue weighted by Gasteiger charge is 2.37. The fraction of sp³-hybridized carbons (Fsp3) is 0.0545. The van der Waals surface area contributed by atoms with E-state index in [1.165, 1.54) is 27.8 Å². The van der Waals surface area contributed by atoms with Gasteiger partial charge >= 0.3 is 0 Å². The molecule has 0 spiro atoms. The highest BCUT2D eigenvalue weighted by molar-refractivity contribution is 6.21. The Morgan fingerprint density at radius 1 is 0.362 bits per heavy atom. The first-order valence-corrected chi connectivity index (χ1v) is 20.0. The van der Waals surface area contributed by atoms with Crippen molar-refractivity contribution in [2.45, 2.75) is 19.3 Å². The smallest absolute Gasteiger partial charge is 0.143 e. The third-order valence-corrected chi connectivity index (χ3v) is 12.5. The molecule has 0 saturated carbocycles. The molecule has 12 rings (SSSR count). The fourth-order valence-electron chi connectivity index (χ4n) is 9.88. The van der Waals surface area contributed by atoms with Gasteiger partial charge in [-0.15, -0.1) is 0 Å². The van der Waals surface area contributed by atoms with Crippen molar-refractivity contribution in [2.24, 2.45) is 0 Å². The summed E-state index contributed by atoms with van der Waals surface area (Å²) in [5, 5.41) is 6.63. The molecule has 0 bridgehead atoms. The van der Waals surface area contributed by atoms with Crippen LogP contribution in [0.15, 0.2) is 197 Å². The Labute approximate surface area is 336 Å². The molecule has 58 heavy (non-hydrogen) atoms. The van der Waals surface area contributed by atoms with Gasteiger partial charge in [0.25, 0.3) is 0 Å². The SMILES string of the molecule is CC1(C)c2ccccc2-c2c(-c3ccccc3N(c3ccccc3-c3cccc4oc5ccccc5c34)c3cccc4oc5c6ccccc6ccc5c34)cccc21. The maximum absolute atomic E-state index is 6.84. The van der Waals surface area contributed by atoms with Crippen molar-refractivity contribution in [1.82, 2.24) is 0 Å². The molecule has 0 amide bonds. The molecule has 11 aromatic rings. The number of benzene rings is 9. The van der Waals surface area contributed by atoms with E-state index >= 15 is 0 Å². The van der Waals surface area contributed by atoms with Crippen molar-refractivity contribution < 1.29 is 8.83 Å². The Balaban J connectivity index is 1.19. The summed E-state index contributed by atoms with van der Waals surface area (Å²) in [6.45, 7) is 4.70. The summed E-state index contributed by atoms with van der Waals surface area (Å²) in [6.07, 6.45) is 0. The van der Waals surface area contributed by atoms with E-state index in [1.807, 2.05) is 6.07 Å². The molecule has 9 aromatic carbocycles. The molecule has 0 atom stereocenters. The van der Waals surface area contributed by atoms with Crippen LogP contribution in [-0.2, 0) is 5.41 Å². The average molecular weight is 744 g/mol. The maximum Gasteiger partial charge on any atom is 0.143 e. The number of hydrogen-bond donors (Lipinski definition) is 0. The molecule has 3 nitrogen and oxygen atoms in total. The molecule has 0 aliphatic heterocycles. The van der Waals surface area contributed by atoms with Crippen LogP contribution < -0.4 is 4.90 Å². The Hall–Kier alpha value is -7.36. The molecule has 274 valence electrons. The first-order valence-electron chi connectivity index (χ1n) is 20.0. The Morgan fingerprint density at radius 2 is 0.914 bits per heavy atom. The van der Waals surface area contributed by atoms with Gasteiger partial charge in [-0.05, 0) is 81.2 Å². The molecular weight excluding hydrogens is 707 g/mol. The molecule has 0 radical (unpaired) electrons. The Morgan fingerprint density at radius 3 is 1.74 bits per heavy atom. The first-order chi connectivity index (χ1) is 28.6. The summed E-state index contributed by atoms with van der Waals surface area (Å²) < 4.78 is 13.3. The predicted octanol–water partition coefficient (Wildman–Crippen LogP) is 15.7. The lowest BCUT2D eigenvalue weighted by atomic mass is 9.82. The normalized spacial score (nSPS) is 13.1. The van der Waals surface area contributed by atoms with Crippen molar-refractivity contribution in [3.05, 3.63) is 199 Å². The van der Waals surface area contributed by atoms with Crippen LogP contribution in [0.1, 0.15) is 25.0 Å². The summed E-state index contributed by atoms with van der Waals surface area (Å²) in [7, 11) is 0. The van der Waals surface area contributed by atoms with Crippen molar-refractivity contribution in [3.8, 4) is 33.4 Å². The van der Waals surface area contributed by atoms with Crippen LogP contribution in [0, 0.1) is 0 Å². The second kappa shape index (κ2) is 12.3. The lowest BCUT2D eigenvalue weighted by Crippen LogP contribution is -2.15. The second-order valence-corrected chi connectivity index (χ2v) is 16.0. The van der Waals surface area contributed by atoms with Crippen LogP contribution in [-0.4, -0.2) is 0 Å². The predicted molar refractivity (Wildman–Crippen MR) is 242 cm³/mol. The molecule has 2 aromatic heterocycles. The van der Waals surface area contributed by atoms with Crippen LogP contribution in [0.3, 0.4) is 0 Å². The highest BCUT2D eigenvalue weighted by Crippen LogP contribution is 2.55. The molecule has 2 heterocycles. The number of nitrogens with zero attached hydrogens (tertiary/aromatic N) is 1. The van der Waals surface area contributed by atoms with Gasteiger partial charge in [-0.2, -0.15) is 0 Å². The largest absolute Gasteiger partial charge is 0.456 e. The van der Waals surface area contributed by atoms with Crippen molar-refractivity contribution >= 4 is 71.7 Å². The Bertz CT molecular complexity index is 3450. The molecule has 0 fully saturated rings. The van der Waals surface area contributed by atoms with Crippen LogP contribution in [0.25, 0.3) is 88.0 Å². The summed E-state index contributed by atoms with van der Waals surface area (Å²) in [6, 6.07) is 67.7. The van der Waals surface area contributed by atoms with Gasteiger partial charge in [0.2, 0.25) is 0 Å². The van der Waals surface area contributed by atoms with Crippen LogP contribution in [0.4, 0.5) is 17.1 Å². The third kappa shape index (κ3) is 4.62. The minimum atomic E-state index is -0.126. The maximum atomic E-state index is 6.84. The van der Waals surface area contributed by atoms with Crippen LogP contribution in [0.5, 0.6) is 0 Å². The fourth-order valence-corrected chi connectivity index (χ4v) is 9.88. The highest BCUT2D eigenvalue weighted by atomic mass is 16.3. The van der Waals surface area contributed by atoms with E-state index < -0.39 is 0 Å². The summed E-state index contributed by atoms with van der Waals surface area (Å²) >= 11 is 0. The molecular formula is C55H37NO2. The zero-order valence-electron chi connectivity index (χ0n) is 32.2. The van der Waals surface area contributed by atoms with E-state index in [9.17, 15) is 0 Å². The van der Waals surface area contributed by atoms with Gasteiger partial charge in [0.15, 0.2) is 0 Å². The zero-order valence-corrected chi connectivity index (χ0v) is 32.2. The van der Waals surface area contributed by atoms with Gasteiger partial charge in [-0.1, -0.05) is 159 Å². The average Bonchev–Trinajstić information content (AvgIpc) is 3.93. The van der Waals surface area contributed by atoms with Crippen molar-refractivity contribution in [3.63, 3.8) is 0 Å². The molecule has 1 aliphatic carbocycles. The molecule has 3 heteroatoms. The number of anilines is 3. The quantitative estimate of drug-likeness (QED) is 0.176. The van der Waals surface area contributed by atoms with E-state index in [1.54, 1.807) is 0 Å². The van der Waals surface area contributed by atoms with Crippen molar-refractivity contribution in [2.75, 3.05) is 4.90 Å². The molecule has 0 unspecified atom stereocenters. The van der Waals surface area contributed by atoms with Gasteiger partial charge in [0.05, 0.1) is 22.4 Å². The number of para-hydroxylation sites is 3.